The van der Waals surface area contributed by atoms with E-state index in [1.165, 1.54) is 13.3 Å². The lowest BCUT2D eigenvalue weighted by Gasteiger charge is -2.16. The van der Waals surface area contributed by atoms with Gasteiger partial charge in [-0.05, 0) is 6.42 Å². The van der Waals surface area contributed by atoms with Crippen LogP contribution in [0.1, 0.15) is 88.5 Å². The summed E-state index contributed by atoms with van der Waals surface area (Å²) in [5.74, 6) is -0.991. The summed E-state index contributed by atoms with van der Waals surface area (Å²) in [5, 5.41) is 16.2. The maximum absolute atomic E-state index is 11.9. The number of rotatable bonds is 14. The van der Waals surface area contributed by atoms with Gasteiger partial charge in [-0.3, -0.25) is 14.4 Å². The second-order valence-electron chi connectivity index (χ2n) is 5.77. The third-order valence-corrected chi connectivity index (χ3v) is 2.87. The molecule has 0 aliphatic rings. The van der Waals surface area contributed by atoms with Crippen molar-refractivity contribution >= 4 is 17.7 Å². The van der Waals surface area contributed by atoms with Crippen molar-refractivity contribution in [2.45, 2.75) is 94.5 Å². The zero-order valence-electron chi connectivity index (χ0n) is 23.1. The summed E-state index contributed by atoms with van der Waals surface area (Å²) < 4.78 is 10.2. The van der Waals surface area contributed by atoms with Gasteiger partial charge in [0.05, 0.1) is 39.6 Å². The summed E-state index contributed by atoms with van der Waals surface area (Å²) in [6.45, 7) is 21.0. The lowest BCUT2D eigenvalue weighted by atomic mass is 10.1. The second-order valence-corrected chi connectivity index (χ2v) is 5.77. The first-order chi connectivity index (χ1) is 15.9. The van der Waals surface area contributed by atoms with Crippen molar-refractivity contribution in [2.24, 2.45) is 0 Å². The molecule has 0 heterocycles. The molecular formula is C24H55N3O6. The van der Waals surface area contributed by atoms with Gasteiger partial charge in [-0.25, -0.2) is 0 Å². The third kappa shape index (κ3) is 41.1. The molecule has 0 radical (unpaired) electrons. The summed E-state index contributed by atoms with van der Waals surface area (Å²) in [6.07, 6.45) is 2.50. The minimum atomic E-state index is -0.623. The van der Waals surface area contributed by atoms with Crippen molar-refractivity contribution in [1.82, 2.24) is 16.0 Å². The Morgan fingerprint density at radius 3 is 1.73 bits per heavy atom. The summed E-state index contributed by atoms with van der Waals surface area (Å²) in [7, 11) is 0. The molecule has 0 fully saturated rings. The largest absolute Gasteiger partial charge is 0.394 e. The first-order valence-electron chi connectivity index (χ1n) is 12.5. The lowest BCUT2D eigenvalue weighted by Crippen LogP contribution is -2.48. The van der Waals surface area contributed by atoms with Gasteiger partial charge >= 0.3 is 0 Å². The third-order valence-electron chi connectivity index (χ3n) is 2.87. The standard InChI is InChI=1S/C15H29N3O6.C3H8.3C2H6/c1-3-4-13(18-12(2)20)15(22)17-11-14(21)16-5-7-23-9-10-24-8-6-19;1-3-2;3*1-2/h13,19H,3-11H2,1-2H3,(H,16,21)(H,17,22)(H,18,20);3H2,1-2H3;3*1-2H3/t13-;;;;/m0..../s1. The second kappa shape index (κ2) is 40.6. The van der Waals surface area contributed by atoms with Crippen LogP contribution in [-0.4, -0.2) is 75.0 Å². The van der Waals surface area contributed by atoms with Crippen LogP contribution in [0.5, 0.6) is 0 Å². The molecule has 1 atom stereocenters. The van der Waals surface area contributed by atoms with Crippen molar-refractivity contribution < 1.29 is 29.0 Å². The Morgan fingerprint density at radius 2 is 1.30 bits per heavy atom. The zero-order valence-corrected chi connectivity index (χ0v) is 23.1. The molecule has 3 amide bonds. The van der Waals surface area contributed by atoms with Crippen LogP contribution in [0, 0.1) is 0 Å². The van der Waals surface area contributed by atoms with Gasteiger partial charge < -0.3 is 30.5 Å². The number of hydrogen-bond donors (Lipinski definition) is 4. The number of aliphatic hydroxyl groups excluding tert-OH is 1. The number of aliphatic hydroxyl groups is 1. The van der Waals surface area contributed by atoms with E-state index in [9.17, 15) is 14.4 Å². The van der Waals surface area contributed by atoms with E-state index in [-0.39, 0.29) is 37.5 Å². The number of carbonyl (C=O) groups excluding carboxylic acids is 3. The van der Waals surface area contributed by atoms with E-state index in [2.05, 4.69) is 29.8 Å². The van der Waals surface area contributed by atoms with E-state index in [0.717, 1.165) is 6.42 Å². The lowest BCUT2D eigenvalue weighted by molar-refractivity contribution is -0.130. The maximum Gasteiger partial charge on any atom is 0.243 e. The Bertz CT molecular complexity index is 396. The molecule has 0 saturated carbocycles. The van der Waals surface area contributed by atoms with Crippen molar-refractivity contribution in [3.63, 3.8) is 0 Å². The Hall–Kier alpha value is -1.71. The molecule has 0 unspecified atom stereocenters. The monoisotopic (exact) mass is 481 g/mol. The molecule has 0 bridgehead atoms. The summed E-state index contributed by atoms with van der Waals surface area (Å²) in [5.41, 5.74) is 0. The van der Waals surface area contributed by atoms with Gasteiger partial charge in [0.2, 0.25) is 17.7 Å². The first kappa shape index (κ1) is 41.5. The molecular weight excluding hydrogens is 426 g/mol. The highest BCUT2D eigenvalue weighted by Gasteiger charge is 2.18. The van der Waals surface area contributed by atoms with Crippen LogP contribution in [0.15, 0.2) is 0 Å². The first-order valence-corrected chi connectivity index (χ1v) is 12.5. The van der Waals surface area contributed by atoms with E-state index >= 15 is 0 Å². The molecule has 0 aliphatic carbocycles. The molecule has 202 valence electrons. The minimum Gasteiger partial charge on any atom is -0.394 e. The van der Waals surface area contributed by atoms with E-state index in [0.29, 0.717) is 32.8 Å². The molecule has 0 aromatic heterocycles. The number of amides is 3. The van der Waals surface area contributed by atoms with Crippen LogP contribution in [0.25, 0.3) is 0 Å². The topological polar surface area (TPSA) is 126 Å². The van der Waals surface area contributed by atoms with Crippen LogP contribution in [-0.2, 0) is 23.9 Å². The molecule has 0 aromatic carbocycles. The highest BCUT2D eigenvalue weighted by Crippen LogP contribution is 1.96. The SMILES string of the molecule is CC.CC.CC.CCC.CCC[C@H](NC(C)=O)C(=O)NCC(=O)NCCOCCOCCO. The average molecular weight is 482 g/mol. The number of ether oxygens (including phenoxy) is 2. The van der Waals surface area contributed by atoms with Gasteiger partial charge in [-0.1, -0.05) is 75.2 Å². The van der Waals surface area contributed by atoms with Crippen LogP contribution in [0.4, 0.5) is 0 Å². The fraction of sp³-hybridized carbons (Fsp3) is 0.875. The number of hydrogen-bond acceptors (Lipinski definition) is 6. The minimum absolute atomic E-state index is 0.0250. The van der Waals surface area contributed by atoms with Crippen LogP contribution in [0.2, 0.25) is 0 Å². The van der Waals surface area contributed by atoms with Crippen molar-refractivity contribution in [2.75, 3.05) is 46.1 Å². The molecule has 4 N–H and O–H groups in total. The predicted octanol–water partition coefficient (Wildman–Crippen LogP) is 3.04. The Kier molecular flexibility index (Phi) is 51.1. The average Bonchev–Trinajstić information content (AvgIpc) is 2.83. The number of nitrogens with one attached hydrogen (secondary N) is 3. The van der Waals surface area contributed by atoms with Gasteiger partial charge in [-0.15, -0.1) is 0 Å². The Labute approximate surface area is 203 Å². The van der Waals surface area contributed by atoms with Crippen LogP contribution >= 0.6 is 0 Å². The normalized spacial score (nSPS) is 9.55. The van der Waals surface area contributed by atoms with Crippen molar-refractivity contribution in [3.05, 3.63) is 0 Å². The van der Waals surface area contributed by atoms with Gasteiger partial charge in [0.1, 0.15) is 6.04 Å². The van der Waals surface area contributed by atoms with E-state index < -0.39 is 6.04 Å². The molecule has 33 heavy (non-hydrogen) atoms. The molecule has 0 aliphatic heterocycles. The highest BCUT2D eigenvalue weighted by atomic mass is 16.5. The smallest absolute Gasteiger partial charge is 0.243 e. The van der Waals surface area contributed by atoms with Gasteiger partial charge in [0, 0.05) is 13.5 Å². The highest BCUT2D eigenvalue weighted by molar-refractivity contribution is 5.90. The molecule has 0 spiro atoms. The van der Waals surface area contributed by atoms with Crippen molar-refractivity contribution in [3.8, 4) is 0 Å². The summed E-state index contributed by atoms with van der Waals surface area (Å²) >= 11 is 0. The van der Waals surface area contributed by atoms with Crippen LogP contribution < -0.4 is 16.0 Å². The Morgan fingerprint density at radius 1 is 0.818 bits per heavy atom. The fourth-order valence-corrected chi connectivity index (χ4v) is 1.81. The van der Waals surface area contributed by atoms with Gasteiger partial charge in [0.25, 0.3) is 0 Å². The Balaban J connectivity index is -0.000000254. The maximum atomic E-state index is 11.9. The van der Waals surface area contributed by atoms with Gasteiger partial charge in [-0.2, -0.15) is 0 Å². The van der Waals surface area contributed by atoms with Crippen molar-refractivity contribution in [1.29, 1.82) is 0 Å². The zero-order chi connectivity index (χ0) is 26.9. The fourth-order valence-electron chi connectivity index (χ4n) is 1.81. The molecule has 0 rings (SSSR count). The molecule has 9 heteroatoms. The van der Waals surface area contributed by atoms with Gasteiger partial charge in [0.15, 0.2) is 0 Å². The molecule has 0 aromatic rings. The predicted molar refractivity (Wildman–Crippen MR) is 137 cm³/mol. The van der Waals surface area contributed by atoms with E-state index in [1.54, 1.807) is 0 Å². The number of carbonyl (C=O) groups is 3. The summed E-state index contributed by atoms with van der Waals surface area (Å²) in [4.78, 5) is 34.6. The molecule has 9 nitrogen and oxygen atoms in total. The quantitative estimate of drug-likeness (QED) is 0.283. The van der Waals surface area contributed by atoms with Crippen LogP contribution in [0.3, 0.4) is 0 Å². The summed E-state index contributed by atoms with van der Waals surface area (Å²) in [6, 6.07) is -0.623. The van der Waals surface area contributed by atoms with E-state index in [1.807, 2.05) is 48.5 Å². The molecule has 0 saturated heterocycles. The van der Waals surface area contributed by atoms with E-state index in [4.69, 9.17) is 14.6 Å².